The van der Waals surface area contributed by atoms with Crippen LogP contribution in [0, 0.1) is 6.92 Å². The molecule has 154 valence electrons. The van der Waals surface area contributed by atoms with Gasteiger partial charge in [-0.3, -0.25) is 9.36 Å². The monoisotopic (exact) mass is 410 g/mol. The predicted octanol–water partition coefficient (Wildman–Crippen LogP) is 3.78. The lowest BCUT2D eigenvalue weighted by Gasteiger charge is -2.18. The Balaban J connectivity index is 1.57. The van der Waals surface area contributed by atoms with Gasteiger partial charge in [-0.25, -0.2) is 9.97 Å². The topological polar surface area (TPSA) is 72.9 Å². The number of imidazole rings is 1. The fraction of sp³-hybridized carbons (Fsp3) is 0.160. The van der Waals surface area contributed by atoms with E-state index in [1.807, 2.05) is 84.3 Å². The second kappa shape index (κ2) is 7.81. The molecule has 0 aliphatic carbocycles. The Morgan fingerprint density at radius 3 is 2.26 bits per heavy atom. The maximum atomic E-state index is 13.3. The molecule has 0 amide bonds. The molecular formula is C25H22N4O2. The highest BCUT2D eigenvalue weighted by Gasteiger charge is 2.17. The minimum atomic E-state index is -0.792. The third-order valence-electron chi connectivity index (χ3n) is 5.53. The van der Waals surface area contributed by atoms with Gasteiger partial charge in [-0.1, -0.05) is 54.6 Å². The SMILES string of the molecule is Cc1nc2ccccc2n1CC(O)Cn1c(-c2ccccc2)nc2ccccc2c1=O. The second-order valence-electron chi connectivity index (χ2n) is 7.65. The molecule has 1 atom stereocenters. The Bertz CT molecular complexity index is 1440. The van der Waals surface area contributed by atoms with Gasteiger partial charge in [-0.2, -0.15) is 0 Å². The van der Waals surface area contributed by atoms with Crippen LogP contribution in [0.4, 0.5) is 0 Å². The lowest BCUT2D eigenvalue weighted by atomic mass is 10.1. The largest absolute Gasteiger partial charge is 0.389 e. The summed E-state index contributed by atoms with van der Waals surface area (Å²) in [5, 5.41) is 11.5. The number of para-hydroxylation sites is 3. The molecule has 1 unspecified atom stereocenters. The van der Waals surface area contributed by atoms with Crippen molar-refractivity contribution in [2.45, 2.75) is 26.1 Å². The molecule has 1 N–H and O–H groups in total. The molecule has 0 aliphatic heterocycles. The normalized spacial score (nSPS) is 12.5. The van der Waals surface area contributed by atoms with Gasteiger partial charge in [-0.15, -0.1) is 0 Å². The molecule has 0 aliphatic rings. The second-order valence-corrected chi connectivity index (χ2v) is 7.65. The maximum absolute atomic E-state index is 13.3. The van der Waals surface area contributed by atoms with E-state index in [2.05, 4.69) is 4.98 Å². The zero-order chi connectivity index (χ0) is 21.4. The first-order valence-corrected chi connectivity index (χ1v) is 10.3. The number of hydrogen-bond acceptors (Lipinski definition) is 4. The van der Waals surface area contributed by atoms with Gasteiger partial charge in [-0.05, 0) is 31.2 Å². The molecule has 2 aromatic heterocycles. The molecule has 3 aromatic carbocycles. The average Bonchev–Trinajstić information content (AvgIpc) is 3.11. The number of fused-ring (bicyclic) bond motifs is 2. The average molecular weight is 410 g/mol. The van der Waals surface area contributed by atoms with E-state index >= 15 is 0 Å². The molecule has 0 spiro atoms. The van der Waals surface area contributed by atoms with Crippen LogP contribution in [-0.4, -0.2) is 30.3 Å². The third kappa shape index (κ3) is 3.51. The van der Waals surface area contributed by atoms with E-state index in [1.165, 1.54) is 0 Å². The molecule has 0 saturated heterocycles. The van der Waals surface area contributed by atoms with Crippen LogP contribution in [0.3, 0.4) is 0 Å². The Morgan fingerprint density at radius 1 is 0.806 bits per heavy atom. The van der Waals surface area contributed by atoms with Gasteiger partial charge in [0.1, 0.15) is 11.6 Å². The van der Waals surface area contributed by atoms with E-state index in [0.29, 0.717) is 23.3 Å². The van der Waals surface area contributed by atoms with Crippen molar-refractivity contribution >= 4 is 21.9 Å². The lowest BCUT2D eigenvalue weighted by Crippen LogP contribution is -2.31. The number of hydrogen-bond donors (Lipinski definition) is 1. The summed E-state index contributed by atoms with van der Waals surface area (Å²) in [5.74, 6) is 1.38. The summed E-state index contributed by atoms with van der Waals surface area (Å²) < 4.78 is 3.57. The van der Waals surface area contributed by atoms with Crippen molar-refractivity contribution in [2.75, 3.05) is 0 Å². The van der Waals surface area contributed by atoms with Crippen molar-refractivity contribution in [3.63, 3.8) is 0 Å². The van der Waals surface area contributed by atoms with Gasteiger partial charge in [0.15, 0.2) is 0 Å². The summed E-state index contributed by atoms with van der Waals surface area (Å²) >= 11 is 0. The van der Waals surface area contributed by atoms with Crippen molar-refractivity contribution in [1.82, 2.24) is 19.1 Å². The van der Waals surface area contributed by atoms with Crippen molar-refractivity contribution in [1.29, 1.82) is 0 Å². The van der Waals surface area contributed by atoms with Crippen LogP contribution in [0.2, 0.25) is 0 Å². The number of aliphatic hydroxyl groups is 1. The molecule has 5 rings (SSSR count). The highest BCUT2D eigenvalue weighted by Crippen LogP contribution is 2.20. The van der Waals surface area contributed by atoms with E-state index in [0.717, 1.165) is 22.4 Å². The van der Waals surface area contributed by atoms with Crippen LogP contribution in [0.1, 0.15) is 5.82 Å². The quantitative estimate of drug-likeness (QED) is 0.479. The molecule has 6 heteroatoms. The van der Waals surface area contributed by atoms with Crippen LogP contribution in [0.5, 0.6) is 0 Å². The first kappa shape index (κ1) is 19.2. The van der Waals surface area contributed by atoms with Gasteiger partial charge >= 0.3 is 0 Å². The van der Waals surface area contributed by atoms with Crippen molar-refractivity contribution in [2.24, 2.45) is 0 Å². The number of rotatable bonds is 5. The Labute approximate surface area is 179 Å². The fourth-order valence-electron chi connectivity index (χ4n) is 4.05. The van der Waals surface area contributed by atoms with E-state index in [9.17, 15) is 9.90 Å². The van der Waals surface area contributed by atoms with Crippen molar-refractivity contribution < 1.29 is 5.11 Å². The third-order valence-corrected chi connectivity index (χ3v) is 5.53. The molecule has 0 saturated carbocycles. The van der Waals surface area contributed by atoms with Gasteiger partial charge < -0.3 is 9.67 Å². The van der Waals surface area contributed by atoms with Crippen LogP contribution in [-0.2, 0) is 13.1 Å². The van der Waals surface area contributed by atoms with Gasteiger partial charge in [0.05, 0.1) is 41.1 Å². The Morgan fingerprint density at radius 2 is 1.45 bits per heavy atom. The summed E-state index contributed by atoms with van der Waals surface area (Å²) in [5.41, 5.74) is 3.18. The molecule has 31 heavy (non-hydrogen) atoms. The van der Waals surface area contributed by atoms with Gasteiger partial charge in [0.25, 0.3) is 5.56 Å². The summed E-state index contributed by atoms with van der Waals surface area (Å²) in [6.07, 6.45) is -0.792. The van der Waals surface area contributed by atoms with Gasteiger partial charge in [0, 0.05) is 5.56 Å². The molecular weight excluding hydrogens is 388 g/mol. The number of aliphatic hydroxyl groups excluding tert-OH is 1. The van der Waals surface area contributed by atoms with Gasteiger partial charge in [0.2, 0.25) is 0 Å². The van der Waals surface area contributed by atoms with E-state index in [-0.39, 0.29) is 12.1 Å². The van der Waals surface area contributed by atoms with E-state index < -0.39 is 6.10 Å². The molecule has 5 aromatic rings. The first-order valence-electron chi connectivity index (χ1n) is 10.3. The van der Waals surface area contributed by atoms with Crippen LogP contribution < -0.4 is 5.56 Å². The standard InChI is InChI=1S/C25H22N4O2/c1-17-26-22-13-7-8-14-23(22)28(17)15-19(30)16-29-24(18-9-3-2-4-10-18)27-21-12-6-5-11-20(21)25(29)31/h2-14,19,30H,15-16H2,1H3. The zero-order valence-corrected chi connectivity index (χ0v) is 17.1. The molecule has 0 fully saturated rings. The number of benzene rings is 3. The first-order chi connectivity index (χ1) is 15.1. The van der Waals surface area contributed by atoms with E-state index in [1.54, 1.807) is 10.6 Å². The lowest BCUT2D eigenvalue weighted by molar-refractivity contribution is 0.134. The predicted molar refractivity (Wildman–Crippen MR) is 122 cm³/mol. The van der Waals surface area contributed by atoms with Crippen molar-refractivity contribution in [3.05, 3.63) is 95.0 Å². The molecule has 0 bridgehead atoms. The number of nitrogens with zero attached hydrogens (tertiary/aromatic N) is 4. The van der Waals surface area contributed by atoms with Crippen LogP contribution in [0.25, 0.3) is 33.3 Å². The highest BCUT2D eigenvalue weighted by molar-refractivity contribution is 5.79. The smallest absolute Gasteiger partial charge is 0.261 e. The number of aromatic nitrogens is 4. The minimum absolute atomic E-state index is 0.132. The Hall–Kier alpha value is -3.77. The minimum Gasteiger partial charge on any atom is -0.389 e. The summed E-state index contributed by atoms with van der Waals surface area (Å²) in [6, 6.07) is 24.8. The summed E-state index contributed by atoms with van der Waals surface area (Å²) in [4.78, 5) is 22.7. The molecule has 6 nitrogen and oxygen atoms in total. The number of aryl methyl sites for hydroxylation is 1. The van der Waals surface area contributed by atoms with E-state index in [4.69, 9.17) is 4.98 Å². The van der Waals surface area contributed by atoms with Crippen LogP contribution >= 0.6 is 0 Å². The molecule has 0 radical (unpaired) electrons. The fourth-order valence-corrected chi connectivity index (χ4v) is 4.05. The Kier molecular flexibility index (Phi) is 4.84. The maximum Gasteiger partial charge on any atom is 0.261 e. The summed E-state index contributed by atoms with van der Waals surface area (Å²) in [6.45, 7) is 2.39. The highest BCUT2D eigenvalue weighted by atomic mass is 16.3. The zero-order valence-electron chi connectivity index (χ0n) is 17.1. The van der Waals surface area contributed by atoms with Crippen LogP contribution in [0.15, 0.2) is 83.7 Å². The van der Waals surface area contributed by atoms with Crippen molar-refractivity contribution in [3.8, 4) is 11.4 Å². The molecule has 2 heterocycles. The summed E-state index contributed by atoms with van der Waals surface area (Å²) in [7, 11) is 0.